The van der Waals surface area contributed by atoms with Crippen molar-refractivity contribution in [1.29, 1.82) is 0 Å². The average Bonchev–Trinajstić information content (AvgIpc) is 3.40. The third-order valence-corrected chi connectivity index (χ3v) is 6.57. The molecule has 162 valence electrons. The maximum Gasteiger partial charge on any atom is 0.437 e. The Hall–Kier alpha value is -2.66. The second-order valence-corrected chi connectivity index (χ2v) is 9.52. The van der Waals surface area contributed by atoms with Crippen LogP contribution in [0.15, 0.2) is 44.0 Å². The van der Waals surface area contributed by atoms with Crippen LogP contribution < -0.4 is 5.76 Å². The summed E-state index contributed by atoms with van der Waals surface area (Å²) in [6.45, 7) is 2.47. The number of unbranched alkanes of at least 4 members (excludes halogenated alkanes) is 2. The molecule has 0 aliphatic rings. The van der Waals surface area contributed by atoms with Gasteiger partial charge in [-0.2, -0.15) is 4.68 Å². The summed E-state index contributed by atoms with van der Waals surface area (Å²) in [5, 5.41) is 5.78. The largest absolute Gasteiger partial charge is 0.466 e. The summed E-state index contributed by atoms with van der Waals surface area (Å²) in [5.74, 6) is -0.756. The highest BCUT2D eigenvalue weighted by Crippen LogP contribution is 2.37. The van der Waals surface area contributed by atoms with Crippen LogP contribution in [0.1, 0.15) is 32.6 Å². The van der Waals surface area contributed by atoms with Gasteiger partial charge in [0.2, 0.25) is 0 Å². The van der Waals surface area contributed by atoms with E-state index in [1.807, 2.05) is 0 Å². The van der Waals surface area contributed by atoms with E-state index in [0.717, 1.165) is 24.0 Å². The van der Waals surface area contributed by atoms with Crippen molar-refractivity contribution in [2.75, 3.05) is 12.9 Å². The van der Waals surface area contributed by atoms with Gasteiger partial charge >= 0.3 is 11.7 Å². The maximum absolute atomic E-state index is 12.2. The molecule has 0 saturated heterocycles. The van der Waals surface area contributed by atoms with Crippen molar-refractivity contribution in [3.8, 4) is 16.5 Å². The molecule has 0 bridgehead atoms. The molecule has 11 heteroatoms. The third-order valence-electron chi connectivity index (χ3n) is 4.35. The van der Waals surface area contributed by atoms with E-state index in [4.69, 9.17) is 9.15 Å². The number of aromatic nitrogens is 3. The highest BCUT2D eigenvalue weighted by Gasteiger charge is 2.25. The average molecular weight is 454 g/mol. The molecule has 3 aromatic rings. The molecule has 0 saturated carbocycles. The van der Waals surface area contributed by atoms with Crippen LogP contribution >= 0.6 is 11.3 Å². The first kappa shape index (κ1) is 22.0. The van der Waals surface area contributed by atoms with Crippen LogP contribution in [-0.2, 0) is 25.9 Å². The molecule has 0 spiro atoms. The van der Waals surface area contributed by atoms with E-state index >= 15 is 0 Å². The normalized spacial score (nSPS) is 11.7. The van der Waals surface area contributed by atoms with Crippen LogP contribution in [0.5, 0.6) is 0 Å². The van der Waals surface area contributed by atoms with Gasteiger partial charge < -0.3 is 13.7 Å². The van der Waals surface area contributed by atoms with Crippen LogP contribution in [0.25, 0.3) is 16.5 Å². The lowest BCUT2D eigenvalue weighted by Crippen LogP contribution is -2.15. The second-order valence-electron chi connectivity index (χ2n) is 6.65. The van der Waals surface area contributed by atoms with E-state index in [1.165, 1.54) is 10.1 Å². The Morgan fingerprint density at radius 2 is 1.97 bits per heavy atom. The molecular weight excluding hydrogens is 430 g/mol. The quantitative estimate of drug-likeness (QED) is 0.342. The van der Waals surface area contributed by atoms with Crippen molar-refractivity contribution in [2.45, 2.75) is 44.0 Å². The number of thiophene rings is 1. The molecule has 3 rings (SSSR count). The number of esters is 1. The first-order valence-electron chi connectivity index (χ1n) is 9.50. The summed E-state index contributed by atoms with van der Waals surface area (Å²) in [7, 11) is -3.48. The fourth-order valence-corrected chi connectivity index (χ4v) is 5.27. The van der Waals surface area contributed by atoms with Gasteiger partial charge in [-0.1, -0.05) is 6.42 Å². The minimum Gasteiger partial charge on any atom is -0.466 e. The van der Waals surface area contributed by atoms with Gasteiger partial charge in [0.25, 0.3) is 5.89 Å². The summed E-state index contributed by atoms with van der Waals surface area (Å²) in [4.78, 5) is 24.2. The lowest BCUT2D eigenvalue weighted by molar-refractivity contribution is -0.143. The predicted molar refractivity (Wildman–Crippen MR) is 112 cm³/mol. The Labute approximate surface area is 177 Å². The molecule has 3 heterocycles. The van der Waals surface area contributed by atoms with E-state index in [0.29, 0.717) is 43.0 Å². The Kier molecular flexibility index (Phi) is 6.93. The zero-order chi connectivity index (χ0) is 21.7. The van der Waals surface area contributed by atoms with Crippen LogP contribution in [-0.4, -0.2) is 41.6 Å². The zero-order valence-electron chi connectivity index (χ0n) is 16.7. The van der Waals surface area contributed by atoms with Gasteiger partial charge in [-0.15, -0.1) is 16.4 Å². The summed E-state index contributed by atoms with van der Waals surface area (Å²) >= 11 is 1.16. The number of carbonyl (C=O) groups excluding carboxylic acids is 1. The number of hydrogen-bond acceptors (Lipinski definition) is 8. The first-order valence-corrected chi connectivity index (χ1v) is 12.3. The monoisotopic (exact) mass is 453 g/mol. The zero-order valence-corrected chi connectivity index (χ0v) is 18.4. The molecule has 0 radical (unpaired) electrons. The number of rotatable bonds is 10. The molecule has 3 aromatic heterocycles. The minimum absolute atomic E-state index is 0.0788. The van der Waals surface area contributed by atoms with Gasteiger partial charge in [0.1, 0.15) is 9.77 Å². The smallest absolute Gasteiger partial charge is 0.437 e. The Morgan fingerprint density at radius 1 is 1.23 bits per heavy atom. The van der Waals surface area contributed by atoms with E-state index in [-0.39, 0.29) is 16.8 Å². The molecule has 0 fully saturated rings. The summed E-state index contributed by atoms with van der Waals surface area (Å²) in [6, 6.07) is 3.55. The topological polar surface area (TPSA) is 113 Å². The lowest BCUT2D eigenvalue weighted by Gasteiger charge is -2.06. The molecule has 0 aromatic carbocycles. The summed E-state index contributed by atoms with van der Waals surface area (Å²) in [5.41, 5.74) is 0.412. The second kappa shape index (κ2) is 9.43. The van der Waals surface area contributed by atoms with Gasteiger partial charge in [-0.3, -0.25) is 4.79 Å². The summed E-state index contributed by atoms with van der Waals surface area (Å²) < 4.78 is 37.5. The lowest BCUT2D eigenvalue weighted by atomic mass is 10.2. The molecular formula is C19H23N3O6S2. The van der Waals surface area contributed by atoms with Crippen molar-refractivity contribution in [2.24, 2.45) is 0 Å². The predicted octanol–water partition coefficient (Wildman–Crippen LogP) is 2.88. The number of hydrogen-bond donors (Lipinski definition) is 0. The molecule has 0 unspecified atom stereocenters. The maximum atomic E-state index is 12.2. The fourth-order valence-electron chi connectivity index (χ4n) is 2.96. The van der Waals surface area contributed by atoms with Crippen molar-refractivity contribution < 1.29 is 22.4 Å². The van der Waals surface area contributed by atoms with Gasteiger partial charge in [-0.25, -0.2) is 13.2 Å². The summed E-state index contributed by atoms with van der Waals surface area (Å²) in [6.07, 6.45) is 6.97. The highest BCUT2D eigenvalue weighted by atomic mass is 32.2. The third kappa shape index (κ3) is 5.08. The van der Waals surface area contributed by atoms with Gasteiger partial charge in [-0.05, 0) is 31.9 Å². The molecule has 0 N–H and O–H groups in total. The van der Waals surface area contributed by atoms with Crippen LogP contribution in [0, 0.1) is 0 Å². The number of sulfone groups is 1. The van der Waals surface area contributed by atoms with Crippen molar-refractivity contribution >= 4 is 27.1 Å². The van der Waals surface area contributed by atoms with Crippen LogP contribution in [0.4, 0.5) is 0 Å². The first-order chi connectivity index (χ1) is 14.3. The highest BCUT2D eigenvalue weighted by molar-refractivity contribution is 7.91. The van der Waals surface area contributed by atoms with Crippen molar-refractivity contribution in [3.05, 3.63) is 40.5 Å². The van der Waals surface area contributed by atoms with Gasteiger partial charge in [0, 0.05) is 37.0 Å². The molecule has 0 aliphatic heterocycles. The molecule has 0 amide bonds. The van der Waals surface area contributed by atoms with E-state index in [2.05, 4.69) is 5.10 Å². The Morgan fingerprint density at radius 3 is 2.63 bits per heavy atom. The Bertz CT molecular complexity index is 1160. The molecule has 0 atom stereocenters. The standard InChI is InChI=1S/C19H23N3O6S2/c1-3-27-15(23)9-5-4-6-12-22-19(24)28-18(20-22)17-16(21-10-7-8-11-21)14(13-29-17)30(2,25)26/h7-8,10-11,13H,3-6,9,12H2,1-2H3. The van der Waals surface area contributed by atoms with E-state index in [9.17, 15) is 18.0 Å². The SMILES string of the molecule is CCOC(=O)CCCCCn1nc(-c2scc(S(C)(=O)=O)c2-n2cccc2)oc1=O. The van der Waals surface area contributed by atoms with Crippen LogP contribution in [0.3, 0.4) is 0 Å². The molecule has 0 aliphatic carbocycles. The number of aryl methyl sites for hydroxylation is 1. The molecule has 30 heavy (non-hydrogen) atoms. The fraction of sp³-hybridized carbons (Fsp3) is 0.421. The van der Waals surface area contributed by atoms with E-state index in [1.54, 1.807) is 36.0 Å². The van der Waals surface area contributed by atoms with Crippen molar-refractivity contribution in [1.82, 2.24) is 14.3 Å². The molecule has 9 nitrogen and oxygen atoms in total. The van der Waals surface area contributed by atoms with E-state index < -0.39 is 15.6 Å². The number of ether oxygens (including phenoxy) is 1. The number of carbonyl (C=O) groups is 1. The van der Waals surface area contributed by atoms with Crippen LogP contribution in [0.2, 0.25) is 0 Å². The number of nitrogens with zero attached hydrogens (tertiary/aromatic N) is 3. The Balaban J connectivity index is 1.76. The van der Waals surface area contributed by atoms with Crippen molar-refractivity contribution in [3.63, 3.8) is 0 Å². The van der Waals surface area contributed by atoms with Gasteiger partial charge in [0.15, 0.2) is 9.84 Å². The van der Waals surface area contributed by atoms with Gasteiger partial charge in [0.05, 0.1) is 12.3 Å². The minimum atomic E-state index is -3.48.